The van der Waals surface area contributed by atoms with Gasteiger partial charge in [0.15, 0.2) is 5.78 Å². The second-order valence-electron chi connectivity index (χ2n) is 5.48. The number of nitrogens with one attached hydrogen (secondary N) is 1. The van der Waals surface area contributed by atoms with Gasteiger partial charge in [-0.1, -0.05) is 24.3 Å². The molecule has 0 atom stereocenters. The SMILES string of the molecule is CC(=O)c1cccc(S(=O)(=O)NCc2nc3ccccc3n2C)c1. The number of hydrogen-bond acceptors (Lipinski definition) is 4. The molecular formula is C17H17N3O3S. The Hall–Kier alpha value is -2.51. The largest absolute Gasteiger partial charge is 0.330 e. The van der Waals surface area contributed by atoms with Gasteiger partial charge >= 0.3 is 0 Å². The van der Waals surface area contributed by atoms with Crippen LogP contribution in [0.3, 0.4) is 0 Å². The number of rotatable bonds is 5. The Labute approximate surface area is 140 Å². The summed E-state index contributed by atoms with van der Waals surface area (Å²) in [5.41, 5.74) is 2.11. The smallest absolute Gasteiger partial charge is 0.240 e. The number of hydrogen-bond donors (Lipinski definition) is 1. The van der Waals surface area contributed by atoms with E-state index in [2.05, 4.69) is 9.71 Å². The lowest BCUT2D eigenvalue weighted by atomic mass is 10.2. The summed E-state index contributed by atoms with van der Waals surface area (Å²) in [7, 11) is -1.88. The number of aromatic nitrogens is 2. The molecule has 0 spiro atoms. The minimum Gasteiger partial charge on any atom is -0.330 e. The lowest BCUT2D eigenvalue weighted by Crippen LogP contribution is -2.25. The first-order chi connectivity index (χ1) is 11.4. The zero-order valence-corrected chi connectivity index (χ0v) is 14.2. The monoisotopic (exact) mass is 343 g/mol. The molecule has 0 amide bonds. The summed E-state index contributed by atoms with van der Waals surface area (Å²) in [5.74, 6) is 0.435. The first-order valence-electron chi connectivity index (χ1n) is 7.39. The molecule has 1 aromatic heterocycles. The normalized spacial score (nSPS) is 11.8. The van der Waals surface area contributed by atoms with E-state index in [0.29, 0.717) is 11.4 Å². The van der Waals surface area contributed by atoms with Crippen molar-refractivity contribution >= 4 is 26.8 Å². The molecule has 0 saturated carbocycles. The van der Waals surface area contributed by atoms with Crippen molar-refractivity contribution in [1.29, 1.82) is 0 Å². The van der Waals surface area contributed by atoms with Gasteiger partial charge in [0, 0.05) is 12.6 Å². The van der Waals surface area contributed by atoms with Crippen LogP contribution < -0.4 is 4.72 Å². The third-order valence-corrected chi connectivity index (χ3v) is 5.25. The Morgan fingerprint density at radius 3 is 2.62 bits per heavy atom. The minimum atomic E-state index is -3.72. The van der Waals surface area contributed by atoms with Crippen molar-refractivity contribution in [3.63, 3.8) is 0 Å². The Kier molecular flexibility index (Phi) is 4.21. The van der Waals surface area contributed by atoms with Gasteiger partial charge in [-0.2, -0.15) is 0 Å². The average molecular weight is 343 g/mol. The first-order valence-corrected chi connectivity index (χ1v) is 8.88. The first kappa shape index (κ1) is 16.4. The molecular weight excluding hydrogens is 326 g/mol. The van der Waals surface area contributed by atoms with Crippen LogP contribution in [-0.4, -0.2) is 23.8 Å². The van der Waals surface area contributed by atoms with Crippen LogP contribution in [0.15, 0.2) is 53.4 Å². The van der Waals surface area contributed by atoms with E-state index in [1.54, 1.807) is 12.1 Å². The van der Waals surface area contributed by atoms with E-state index in [1.165, 1.54) is 19.1 Å². The van der Waals surface area contributed by atoms with Crippen LogP contribution in [0.25, 0.3) is 11.0 Å². The fraction of sp³-hybridized carbons (Fsp3) is 0.176. The second kappa shape index (κ2) is 6.18. The summed E-state index contributed by atoms with van der Waals surface area (Å²) in [6.45, 7) is 1.47. The fourth-order valence-corrected chi connectivity index (χ4v) is 3.50. The predicted molar refractivity (Wildman–Crippen MR) is 91.2 cm³/mol. The number of Topliss-reactive ketones (excluding diaryl/α,β-unsaturated/α-hetero) is 1. The van der Waals surface area contributed by atoms with Gasteiger partial charge in [-0.05, 0) is 31.2 Å². The summed E-state index contributed by atoms with van der Waals surface area (Å²) in [6.07, 6.45) is 0. The van der Waals surface area contributed by atoms with Crippen LogP contribution >= 0.6 is 0 Å². The molecule has 0 radical (unpaired) electrons. The van der Waals surface area contributed by atoms with Crippen molar-refractivity contribution in [3.05, 3.63) is 59.9 Å². The zero-order valence-electron chi connectivity index (χ0n) is 13.4. The van der Waals surface area contributed by atoms with Gasteiger partial charge in [-0.3, -0.25) is 4.79 Å². The van der Waals surface area contributed by atoms with E-state index >= 15 is 0 Å². The molecule has 2 aromatic carbocycles. The fourth-order valence-electron chi connectivity index (χ4n) is 2.48. The van der Waals surface area contributed by atoms with E-state index < -0.39 is 10.0 Å². The summed E-state index contributed by atoms with van der Waals surface area (Å²) < 4.78 is 29.3. The predicted octanol–water partition coefficient (Wildman–Crippen LogP) is 2.25. The Bertz CT molecular complexity index is 1020. The van der Waals surface area contributed by atoms with Gasteiger partial charge in [-0.25, -0.2) is 18.1 Å². The standard InChI is InChI=1S/C17H17N3O3S/c1-12(21)13-6-5-7-14(10-13)24(22,23)18-11-17-19-15-8-3-4-9-16(15)20(17)2/h3-10,18H,11H2,1-2H3. The maximum atomic E-state index is 12.4. The highest BCUT2D eigenvalue weighted by Crippen LogP contribution is 2.16. The van der Waals surface area contributed by atoms with Gasteiger partial charge in [0.1, 0.15) is 5.82 Å². The number of aryl methyl sites for hydroxylation is 1. The van der Waals surface area contributed by atoms with Crippen molar-refractivity contribution in [3.8, 4) is 0 Å². The summed E-state index contributed by atoms with van der Waals surface area (Å²) in [6, 6.07) is 13.6. The highest BCUT2D eigenvalue weighted by molar-refractivity contribution is 7.89. The number of para-hydroxylation sites is 2. The van der Waals surface area contributed by atoms with Crippen LogP contribution in [0.2, 0.25) is 0 Å². The lowest BCUT2D eigenvalue weighted by molar-refractivity contribution is 0.101. The topological polar surface area (TPSA) is 81.1 Å². The molecule has 0 saturated heterocycles. The van der Waals surface area contributed by atoms with Crippen LogP contribution in [0.5, 0.6) is 0 Å². The Morgan fingerprint density at radius 2 is 1.92 bits per heavy atom. The maximum Gasteiger partial charge on any atom is 0.240 e. The third-order valence-electron chi connectivity index (χ3n) is 3.85. The number of sulfonamides is 1. The highest BCUT2D eigenvalue weighted by Gasteiger charge is 2.17. The number of carbonyl (C=O) groups is 1. The molecule has 0 bridgehead atoms. The number of ketones is 1. The number of benzene rings is 2. The summed E-state index contributed by atoms with van der Waals surface area (Å²) in [5, 5.41) is 0. The molecule has 0 fully saturated rings. The zero-order chi connectivity index (χ0) is 17.3. The van der Waals surface area contributed by atoms with E-state index in [0.717, 1.165) is 11.0 Å². The van der Waals surface area contributed by atoms with Crippen LogP contribution in [0.1, 0.15) is 23.1 Å². The quantitative estimate of drug-likeness (QED) is 0.721. The molecule has 0 aliphatic rings. The average Bonchev–Trinajstić information content (AvgIpc) is 2.90. The summed E-state index contributed by atoms with van der Waals surface area (Å²) in [4.78, 5) is 15.9. The van der Waals surface area contributed by atoms with Crippen molar-refractivity contribution in [2.75, 3.05) is 0 Å². The van der Waals surface area contributed by atoms with Gasteiger partial charge in [0.05, 0.1) is 22.5 Å². The molecule has 124 valence electrons. The van der Waals surface area contributed by atoms with Gasteiger partial charge < -0.3 is 4.57 Å². The van der Waals surface area contributed by atoms with Gasteiger partial charge in [-0.15, -0.1) is 0 Å². The third kappa shape index (κ3) is 3.08. The van der Waals surface area contributed by atoms with Crippen molar-refractivity contribution in [2.45, 2.75) is 18.4 Å². The minimum absolute atomic E-state index is 0.0639. The van der Waals surface area contributed by atoms with Crippen LogP contribution in [-0.2, 0) is 23.6 Å². The molecule has 0 aliphatic carbocycles. The Balaban J connectivity index is 1.85. The van der Waals surface area contributed by atoms with E-state index in [9.17, 15) is 13.2 Å². The molecule has 7 heteroatoms. The molecule has 3 aromatic rings. The number of imidazole rings is 1. The molecule has 6 nitrogen and oxygen atoms in total. The van der Waals surface area contributed by atoms with Crippen molar-refractivity contribution in [1.82, 2.24) is 14.3 Å². The van der Waals surface area contributed by atoms with Crippen LogP contribution in [0.4, 0.5) is 0 Å². The Morgan fingerprint density at radius 1 is 1.17 bits per heavy atom. The van der Waals surface area contributed by atoms with Crippen molar-refractivity contribution < 1.29 is 13.2 Å². The van der Waals surface area contributed by atoms with Crippen molar-refractivity contribution in [2.24, 2.45) is 7.05 Å². The number of nitrogens with zero attached hydrogens (tertiary/aromatic N) is 2. The number of carbonyl (C=O) groups excluding carboxylic acids is 1. The second-order valence-corrected chi connectivity index (χ2v) is 7.25. The molecule has 0 unspecified atom stereocenters. The molecule has 1 heterocycles. The molecule has 3 rings (SSSR count). The van der Waals surface area contributed by atoms with Gasteiger partial charge in [0.25, 0.3) is 0 Å². The molecule has 1 N–H and O–H groups in total. The number of fused-ring (bicyclic) bond motifs is 1. The summed E-state index contributed by atoms with van der Waals surface area (Å²) >= 11 is 0. The van der Waals surface area contributed by atoms with E-state index in [1.807, 2.05) is 35.9 Å². The van der Waals surface area contributed by atoms with E-state index in [-0.39, 0.29) is 17.2 Å². The maximum absolute atomic E-state index is 12.4. The molecule has 0 aliphatic heterocycles. The lowest BCUT2D eigenvalue weighted by Gasteiger charge is -2.08. The van der Waals surface area contributed by atoms with E-state index in [4.69, 9.17) is 0 Å². The molecule has 24 heavy (non-hydrogen) atoms. The highest BCUT2D eigenvalue weighted by atomic mass is 32.2. The van der Waals surface area contributed by atoms with Gasteiger partial charge in [0.2, 0.25) is 10.0 Å². The van der Waals surface area contributed by atoms with Crippen LogP contribution in [0, 0.1) is 0 Å².